The van der Waals surface area contributed by atoms with E-state index in [1.54, 1.807) is 24.4 Å². The molecule has 0 unspecified atom stereocenters. The third-order valence-electron chi connectivity index (χ3n) is 3.73. The fourth-order valence-electron chi connectivity index (χ4n) is 2.59. The monoisotopic (exact) mass is 434 g/mol. The molecule has 0 atom stereocenters. The number of hydrogen-bond acceptors (Lipinski definition) is 5. The number of nitrogens with one attached hydrogen (secondary N) is 1. The van der Waals surface area contributed by atoms with Crippen LogP contribution in [0.15, 0.2) is 69.4 Å². The molecule has 0 saturated carbocycles. The summed E-state index contributed by atoms with van der Waals surface area (Å²) in [6.45, 7) is 0. The van der Waals surface area contributed by atoms with Crippen LogP contribution in [0.3, 0.4) is 0 Å². The minimum absolute atomic E-state index is 0.180. The van der Waals surface area contributed by atoms with Gasteiger partial charge in [0, 0.05) is 27.2 Å². The second-order valence-corrected chi connectivity index (χ2v) is 8.48. The van der Waals surface area contributed by atoms with Gasteiger partial charge in [-0.1, -0.05) is 18.2 Å². The van der Waals surface area contributed by atoms with Crippen LogP contribution in [0.5, 0.6) is 0 Å². The van der Waals surface area contributed by atoms with E-state index in [2.05, 4.69) is 43.6 Å². The maximum Gasteiger partial charge on any atom is 0.282 e. The summed E-state index contributed by atoms with van der Waals surface area (Å²) in [5.74, 6) is 0. The van der Waals surface area contributed by atoms with Crippen molar-refractivity contribution >= 4 is 49.6 Å². The van der Waals surface area contributed by atoms with Gasteiger partial charge in [0.25, 0.3) is 10.0 Å². The average Bonchev–Trinajstić information content (AvgIpc) is 3.19. The molecule has 0 bridgehead atoms. The van der Waals surface area contributed by atoms with Crippen LogP contribution in [0, 0.1) is 0 Å². The van der Waals surface area contributed by atoms with Crippen LogP contribution in [0.1, 0.15) is 0 Å². The standard InChI is InChI=1S/C16H11BrN4O2S2/c17-11-6-13-14(16(24)20-15(13)18-8-11)10-7-19-21(9-10)25(22,23)12-4-2-1-3-5-12/h1-9,24H,(H,18,20). The van der Waals surface area contributed by atoms with Crippen molar-refractivity contribution in [2.45, 2.75) is 9.92 Å². The Morgan fingerprint density at radius 2 is 1.92 bits per heavy atom. The molecule has 0 amide bonds. The number of fused-ring (bicyclic) bond motifs is 1. The number of H-pyrrole nitrogens is 1. The van der Waals surface area contributed by atoms with Gasteiger partial charge >= 0.3 is 0 Å². The fraction of sp³-hybridized carbons (Fsp3) is 0. The van der Waals surface area contributed by atoms with Gasteiger partial charge in [0.1, 0.15) is 5.65 Å². The van der Waals surface area contributed by atoms with E-state index in [-0.39, 0.29) is 4.90 Å². The smallest absolute Gasteiger partial charge is 0.282 e. The minimum atomic E-state index is -3.74. The summed E-state index contributed by atoms with van der Waals surface area (Å²) in [7, 11) is -3.74. The lowest BCUT2D eigenvalue weighted by Gasteiger charge is -2.03. The number of thiol groups is 1. The van der Waals surface area contributed by atoms with E-state index in [9.17, 15) is 8.42 Å². The topological polar surface area (TPSA) is 80.6 Å². The third-order valence-corrected chi connectivity index (χ3v) is 6.06. The van der Waals surface area contributed by atoms with Crippen molar-refractivity contribution in [3.05, 3.63) is 59.5 Å². The summed E-state index contributed by atoms with van der Waals surface area (Å²) in [5, 5.41) is 5.46. The minimum Gasteiger partial charge on any atom is -0.334 e. The summed E-state index contributed by atoms with van der Waals surface area (Å²) in [4.78, 5) is 7.55. The van der Waals surface area contributed by atoms with Gasteiger partial charge < -0.3 is 4.98 Å². The summed E-state index contributed by atoms with van der Waals surface area (Å²) in [5.41, 5.74) is 2.05. The highest BCUT2D eigenvalue weighted by Gasteiger charge is 2.20. The second kappa shape index (κ2) is 6.01. The number of halogens is 1. The number of benzene rings is 1. The van der Waals surface area contributed by atoms with E-state index < -0.39 is 10.0 Å². The van der Waals surface area contributed by atoms with Crippen LogP contribution in [0.4, 0.5) is 0 Å². The first-order valence-electron chi connectivity index (χ1n) is 7.18. The van der Waals surface area contributed by atoms with Gasteiger partial charge in [0.2, 0.25) is 0 Å². The molecule has 0 aliphatic heterocycles. The molecule has 126 valence electrons. The molecule has 4 aromatic rings. The summed E-state index contributed by atoms with van der Waals surface area (Å²) >= 11 is 7.85. The van der Waals surface area contributed by atoms with E-state index in [0.717, 1.165) is 19.5 Å². The van der Waals surface area contributed by atoms with E-state index in [1.165, 1.54) is 24.5 Å². The molecule has 0 aliphatic carbocycles. The Morgan fingerprint density at radius 3 is 2.68 bits per heavy atom. The van der Waals surface area contributed by atoms with Gasteiger partial charge in [-0.3, -0.25) is 0 Å². The van der Waals surface area contributed by atoms with Crippen LogP contribution in [-0.2, 0) is 10.0 Å². The van der Waals surface area contributed by atoms with Crippen LogP contribution in [-0.4, -0.2) is 27.6 Å². The highest BCUT2D eigenvalue weighted by Crippen LogP contribution is 2.35. The number of aromatic nitrogens is 4. The lowest BCUT2D eigenvalue weighted by Crippen LogP contribution is -2.13. The first-order valence-corrected chi connectivity index (χ1v) is 9.87. The Labute approximate surface area is 157 Å². The molecule has 0 radical (unpaired) electrons. The Bertz CT molecular complexity index is 1180. The van der Waals surface area contributed by atoms with Crippen LogP contribution in [0.2, 0.25) is 0 Å². The Kier molecular flexibility index (Phi) is 3.94. The number of hydrogen-bond donors (Lipinski definition) is 2. The molecule has 1 aromatic carbocycles. The molecule has 3 heterocycles. The van der Waals surface area contributed by atoms with Crippen molar-refractivity contribution in [3.63, 3.8) is 0 Å². The first kappa shape index (κ1) is 16.4. The normalized spacial score (nSPS) is 11.9. The zero-order valence-electron chi connectivity index (χ0n) is 12.6. The van der Waals surface area contributed by atoms with Crippen LogP contribution in [0.25, 0.3) is 22.2 Å². The Balaban J connectivity index is 1.86. The van der Waals surface area contributed by atoms with Gasteiger partial charge in [-0.05, 0) is 34.1 Å². The summed E-state index contributed by atoms with van der Waals surface area (Å²) < 4.78 is 27.1. The second-order valence-electron chi connectivity index (χ2n) is 5.32. The largest absolute Gasteiger partial charge is 0.334 e. The molecular formula is C16H11BrN4O2S2. The molecule has 4 rings (SSSR count). The molecule has 0 saturated heterocycles. The molecule has 9 heteroatoms. The highest BCUT2D eigenvalue weighted by molar-refractivity contribution is 9.10. The van der Waals surface area contributed by atoms with Gasteiger partial charge in [-0.25, -0.2) is 4.98 Å². The van der Waals surface area contributed by atoms with Gasteiger partial charge in [0.15, 0.2) is 0 Å². The predicted octanol–water partition coefficient (Wildman–Crippen LogP) is 3.71. The quantitative estimate of drug-likeness (QED) is 0.481. The van der Waals surface area contributed by atoms with Gasteiger partial charge in [-0.15, -0.1) is 12.6 Å². The van der Waals surface area contributed by atoms with Crippen molar-refractivity contribution in [2.75, 3.05) is 0 Å². The van der Waals surface area contributed by atoms with Crippen molar-refractivity contribution in [1.82, 2.24) is 19.2 Å². The number of aromatic amines is 1. The van der Waals surface area contributed by atoms with Crippen molar-refractivity contribution < 1.29 is 8.42 Å². The summed E-state index contributed by atoms with van der Waals surface area (Å²) in [6.07, 6.45) is 4.66. The first-order chi connectivity index (χ1) is 12.0. The predicted molar refractivity (Wildman–Crippen MR) is 101 cm³/mol. The number of pyridine rings is 1. The zero-order chi connectivity index (χ0) is 17.6. The van der Waals surface area contributed by atoms with Gasteiger partial charge in [-0.2, -0.15) is 17.6 Å². The molecule has 0 fully saturated rings. The molecule has 0 aliphatic rings. The molecular weight excluding hydrogens is 424 g/mol. The van der Waals surface area contributed by atoms with E-state index in [4.69, 9.17) is 0 Å². The zero-order valence-corrected chi connectivity index (χ0v) is 15.9. The van der Waals surface area contributed by atoms with Crippen molar-refractivity contribution in [3.8, 4) is 11.1 Å². The van der Waals surface area contributed by atoms with Crippen LogP contribution < -0.4 is 0 Å². The third kappa shape index (κ3) is 2.78. The Hall–Kier alpha value is -2.10. The van der Waals surface area contributed by atoms with Gasteiger partial charge in [0.05, 0.1) is 22.3 Å². The summed E-state index contributed by atoms with van der Waals surface area (Å²) in [6, 6.07) is 10.1. The lowest BCUT2D eigenvalue weighted by molar-refractivity contribution is 0.580. The molecule has 3 aromatic heterocycles. The maximum atomic E-state index is 12.7. The van der Waals surface area contributed by atoms with E-state index in [1.807, 2.05) is 6.07 Å². The fourth-order valence-corrected chi connectivity index (χ4v) is 4.42. The highest BCUT2D eigenvalue weighted by atomic mass is 79.9. The lowest BCUT2D eigenvalue weighted by atomic mass is 10.1. The Morgan fingerprint density at radius 1 is 1.16 bits per heavy atom. The van der Waals surface area contributed by atoms with Crippen LogP contribution >= 0.6 is 28.6 Å². The van der Waals surface area contributed by atoms with Crippen molar-refractivity contribution in [1.29, 1.82) is 0 Å². The molecule has 25 heavy (non-hydrogen) atoms. The number of rotatable bonds is 3. The molecule has 0 spiro atoms. The SMILES string of the molecule is O=S(=O)(c1ccccc1)n1cc(-c2c(S)[nH]c3ncc(Br)cc23)cn1. The average molecular weight is 435 g/mol. The molecule has 1 N–H and O–H groups in total. The maximum absolute atomic E-state index is 12.7. The van der Waals surface area contributed by atoms with E-state index >= 15 is 0 Å². The molecule has 6 nitrogen and oxygen atoms in total. The number of nitrogens with zero attached hydrogens (tertiary/aromatic N) is 3. The van der Waals surface area contributed by atoms with Crippen molar-refractivity contribution in [2.24, 2.45) is 0 Å². The van der Waals surface area contributed by atoms with E-state index in [0.29, 0.717) is 16.2 Å².